The topological polar surface area (TPSA) is 61.4 Å². The second-order valence-electron chi connectivity index (χ2n) is 9.04. The molecule has 0 aliphatic carbocycles. The molecule has 2 saturated heterocycles. The van der Waals surface area contributed by atoms with Gasteiger partial charge in [-0.05, 0) is 45.2 Å². The summed E-state index contributed by atoms with van der Waals surface area (Å²) in [5, 5.41) is 3.13. The number of rotatable bonds is 6. The first-order valence-corrected chi connectivity index (χ1v) is 11.2. The number of likely N-dealkylation sites (tertiary alicyclic amines) is 1. The summed E-state index contributed by atoms with van der Waals surface area (Å²) in [6.07, 6.45) is 4.25. The minimum absolute atomic E-state index is 0.0814. The third-order valence-corrected chi connectivity index (χ3v) is 6.09. The van der Waals surface area contributed by atoms with E-state index in [4.69, 9.17) is 4.98 Å². The molecule has 0 bridgehead atoms. The molecule has 2 aromatic rings. The maximum atomic E-state index is 13.0. The van der Waals surface area contributed by atoms with Gasteiger partial charge in [0.05, 0.1) is 11.6 Å². The average Bonchev–Trinajstić information content (AvgIpc) is 3.38. The van der Waals surface area contributed by atoms with Crippen molar-refractivity contribution in [1.82, 2.24) is 20.2 Å². The summed E-state index contributed by atoms with van der Waals surface area (Å²) >= 11 is 0. The fraction of sp³-hybridized carbons (Fsp3) is 0.542. The van der Waals surface area contributed by atoms with E-state index in [9.17, 15) is 4.79 Å². The molecule has 2 atom stereocenters. The lowest BCUT2D eigenvalue weighted by atomic mass is 9.91. The number of nitrogens with one attached hydrogen (secondary N) is 1. The van der Waals surface area contributed by atoms with Gasteiger partial charge in [-0.1, -0.05) is 29.8 Å². The van der Waals surface area contributed by atoms with Gasteiger partial charge in [-0.2, -0.15) is 0 Å². The Hall–Kier alpha value is -2.47. The summed E-state index contributed by atoms with van der Waals surface area (Å²) in [7, 11) is 0. The van der Waals surface area contributed by atoms with Crippen LogP contribution in [0.4, 0.5) is 5.95 Å². The minimum Gasteiger partial charge on any atom is -0.354 e. The molecule has 0 spiro atoms. The number of carbonyl (C=O) groups is 1. The van der Waals surface area contributed by atoms with E-state index in [0.29, 0.717) is 0 Å². The molecule has 1 N–H and O–H groups in total. The van der Waals surface area contributed by atoms with Crippen LogP contribution in [0.25, 0.3) is 0 Å². The summed E-state index contributed by atoms with van der Waals surface area (Å²) in [5.74, 6) is 0.921. The van der Waals surface area contributed by atoms with Gasteiger partial charge in [-0.15, -0.1) is 0 Å². The van der Waals surface area contributed by atoms with Crippen molar-refractivity contribution >= 4 is 11.9 Å². The van der Waals surface area contributed by atoms with Crippen LogP contribution >= 0.6 is 0 Å². The van der Waals surface area contributed by atoms with Gasteiger partial charge in [0, 0.05) is 50.9 Å². The van der Waals surface area contributed by atoms with Gasteiger partial charge in [0.2, 0.25) is 11.9 Å². The Bertz CT molecular complexity index is 877. The Morgan fingerprint density at radius 1 is 1.20 bits per heavy atom. The maximum Gasteiger partial charge on any atom is 0.225 e. The third kappa shape index (κ3) is 4.81. The van der Waals surface area contributed by atoms with Gasteiger partial charge in [0.1, 0.15) is 0 Å². The predicted molar refractivity (Wildman–Crippen MR) is 119 cm³/mol. The van der Waals surface area contributed by atoms with E-state index in [1.54, 1.807) is 0 Å². The van der Waals surface area contributed by atoms with E-state index in [0.717, 1.165) is 44.4 Å². The SMILES string of the molecule is Cc1cccc(CN2C[C@@H](C(=O)NC(C)C)[C@H](c3ccnc(N4CCCC4)n3)C2)c1. The molecule has 0 unspecified atom stereocenters. The zero-order chi connectivity index (χ0) is 21.1. The number of hydrogen-bond acceptors (Lipinski definition) is 5. The summed E-state index contributed by atoms with van der Waals surface area (Å²) in [5.41, 5.74) is 3.55. The van der Waals surface area contributed by atoms with Crippen LogP contribution in [-0.2, 0) is 11.3 Å². The van der Waals surface area contributed by atoms with Crippen molar-refractivity contribution in [2.45, 2.75) is 52.1 Å². The number of anilines is 1. The van der Waals surface area contributed by atoms with E-state index in [2.05, 4.69) is 51.3 Å². The number of carbonyl (C=O) groups excluding carboxylic acids is 1. The van der Waals surface area contributed by atoms with Crippen molar-refractivity contribution < 1.29 is 4.79 Å². The highest BCUT2D eigenvalue weighted by Gasteiger charge is 2.39. The molecule has 1 amide bonds. The molecule has 2 aliphatic rings. The highest BCUT2D eigenvalue weighted by Crippen LogP contribution is 2.33. The Balaban J connectivity index is 1.56. The number of benzene rings is 1. The predicted octanol–water partition coefficient (Wildman–Crippen LogP) is 3.13. The van der Waals surface area contributed by atoms with Crippen LogP contribution < -0.4 is 10.2 Å². The fourth-order valence-electron chi connectivity index (χ4n) is 4.68. The lowest BCUT2D eigenvalue weighted by molar-refractivity contribution is -0.125. The van der Waals surface area contributed by atoms with Crippen LogP contribution in [0.3, 0.4) is 0 Å². The molecule has 3 heterocycles. The first-order chi connectivity index (χ1) is 14.5. The van der Waals surface area contributed by atoms with E-state index >= 15 is 0 Å². The monoisotopic (exact) mass is 407 g/mol. The second kappa shape index (κ2) is 9.13. The lowest BCUT2D eigenvalue weighted by Gasteiger charge is -2.21. The van der Waals surface area contributed by atoms with Crippen molar-refractivity contribution in [3.63, 3.8) is 0 Å². The zero-order valence-electron chi connectivity index (χ0n) is 18.3. The van der Waals surface area contributed by atoms with Gasteiger partial charge in [0.25, 0.3) is 0 Å². The lowest BCUT2D eigenvalue weighted by Crippen LogP contribution is -2.38. The third-order valence-electron chi connectivity index (χ3n) is 6.09. The van der Waals surface area contributed by atoms with Crippen molar-refractivity contribution in [3.05, 3.63) is 53.3 Å². The van der Waals surface area contributed by atoms with Gasteiger partial charge in [-0.3, -0.25) is 9.69 Å². The number of hydrogen-bond donors (Lipinski definition) is 1. The summed E-state index contributed by atoms with van der Waals surface area (Å²) in [6, 6.07) is 10.8. The molecular formula is C24H33N5O. The van der Waals surface area contributed by atoms with Gasteiger partial charge in [0.15, 0.2) is 0 Å². The van der Waals surface area contributed by atoms with Crippen LogP contribution in [0.5, 0.6) is 0 Å². The largest absolute Gasteiger partial charge is 0.354 e. The van der Waals surface area contributed by atoms with Crippen molar-refractivity contribution in [2.75, 3.05) is 31.1 Å². The van der Waals surface area contributed by atoms with E-state index in [-0.39, 0.29) is 23.8 Å². The molecule has 1 aromatic heterocycles. The highest BCUT2D eigenvalue weighted by molar-refractivity contribution is 5.80. The molecular weight excluding hydrogens is 374 g/mol. The first-order valence-electron chi connectivity index (χ1n) is 11.2. The quantitative estimate of drug-likeness (QED) is 0.797. The molecule has 160 valence electrons. The number of amides is 1. The summed E-state index contributed by atoms with van der Waals surface area (Å²) in [6.45, 7) is 10.6. The van der Waals surface area contributed by atoms with Crippen LogP contribution in [0.15, 0.2) is 36.5 Å². The molecule has 1 aromatic carbocycles. The maximum absolute atomic E-state index is 13.0. The van der Waals surface area contributed by atoms with Crippen LogP contribution in [0, 0.1) is 12.8 Å². The Morgan fingerprint density at radius 3 is 2.73 bits per heavy atom. The zero-order valence-corrected chi connectivity index (χ0v) is 18.3. The smallest absolute Gasteiger partial charge is 0.225 e. The van der Waals surface area contributed by atoms with Gasteiger partial charge in [-0.25, -0.2) is 9.97 Å². The Morgan fingerprint density at radius 2 is 2.00 bits per heavy atom. The Labute approximate surface area is 179 Å². The molecule has 2 fully saturated rings. The fourth-order valence-corrected chi connectivity index (χ4v) is 4.68. The molecule has 0 saturated carbocycles. The van der Waals surface area contributed by atoms with Crippen molar-refractivity contribution in [3.8, 4) is 0 Å². The van der Waals surface area contributed by atoms with Gasteiger partial charge < -0.3 is 10.2 Å². The number of nitrogens with zero attached hydrogens (tertiary/aromatic N) is 4. The van der Waals surface area contributed by atoms with Gasteiger partial charge >= 0.3 is 0 Å². The van der Waals surface area contributed by atoms with E-state index in [1.807, 2.05) is 26.1 Å². The summed E-state index contributed by atoms with van der Waals surface area (Å²) in [4.78, 5) is 27.1. The van der Waals surface area contributed by atoms with Crippen LogP contribution in [-0.4, -0.2) is 53.0 Å². The number of aromatic nitrogens is 2. The first kappa shape index (κ1) is 20.8. The van der Waals surface area contributed by atoms with Crippen molar-refractivity contribution in [2.24, 2.45) is 5.92 Å². The highest BCUT2D eigenvalue weighted by atomic mass is 16.2. The van der Waals surface area contributed by atoms with E-state index in [1.165, 1.54) is 24.0 Å². The van der Waals surface area contributed by atoms with Crippen molar-refractivity contribution in [1.29, 1.82) is 0 Å². The molecule has 0 radical (unpaired) electrons. The molecule has 6 nitrogen and oxygen atoms in total. The Kier molecular flexibility index (Phi) is 6.32. The van der Waals surface area contributed by atoms with Crippen LogP contribution in [0.1, 0.15) is 49.4 Å². The molecule has 6 heteroatoms. The molecule has 4 rings (SSSR count). The standard InChI is InChI=1S/C24H33N5O/c1-17(2)26-23(30)21-16-28(14-19-8-6-7-18(3)13-19)15-20(21)22-9-10-25-24(27-22)29-11-4-5-12-29/h6-10,13,17,20-21H,4-5,11-12,14-16H2,1-3H3,(H,26,30)/t20-,21-/m1/s1. The van der Waals surface area contributed by atoms with Crippen LogP contribution in [0.2, 0.25) is 0 Å². The molecule has 30 heavy (non-hydrogen) atoms. The minimum atomic E-state index is -0.0986. The number of aryl methyl sites for hydroxylation is 1. The normalized spacial score (nSPS) is 22.1. The van der Waals surface area contributed by atoms with E-state index < -0.39 is 0 Å². The summed E-state index contributed by atoms with van der Waals surface area (Å²) < 4.78 is 0. The second-order valence-corrected chi connectivity index (χ2v) is 9.04. The average molecular weight is 408 g/mol. The molecule has 2 aliphatic heterocycles.